The highest BCUT2D eigenvalue weighted by molar-refractivity contribution is 6.00. The highest BCUT2D eigenvalue weighted by Crippen LogP contribution is 2.32. The summed E-state index contributed by atoms with van der Waals surface area (Å²) >= 11 is 0. The molecular formula is C32H41N5O2. The van der Waals surface area contributed by atoms with Gasteiger partial charge >= 0.3 is 6.03 Å². The normalized spacial score (nSPS) is 16.6. The number of amides is 3. The van der Waals surface area contributed by atoms with Crippen LogP contribution in [0.3, 0.4) is 0 Å². The maximum atomic E-state index is 13.2. The van der Waals surface area contributed by atoms with Gasteiger partial charge in [0.15, 0.2) is 0 Å². The summed E-state index contributed by atoms with van der Waals surface area (Å²) in [7, 11) is 0. The third kappa shape index (κ3) is 6.35. The van der Waals surface area contributed by atoms with E-state index in [4.69, 9.17) is 5.10 Å². The van der Waals surface area contributed by atoms with Gasteiger partial charge in [-0.2, -0.15) is 5.10 Å². The van der Waals surface area contributed by atoms with Crippen LogP contribution in [0.15, 0.2) is 54.6 Å². The van der Waals surface area contributed by atoms with Gasteiger partial charge in [-0.3, -0.25) is 10.1 Å². The van der Waals surface area contributed by atoms with Crippen molar-refractivity contribution in [2.45, 2.75) is 71.6 Å². The minimum atomic E-state index is -0.294. The van der Waals surface area contributed by atoms with Gasteiger partial charge in [-0.15, -0.1) is 0 Å². The number of para-hydroxylation sites is 1. The summed E-state index contributed by atoms with van der Waals surface area (Å²) in [5, 5.41) is 10.9. The maximum absolute atomic E-state index is 13.2. The molecule has 2 fully saturated rings. The van der Waals surface area contributed by atoms with Gasteiger partial charge in [-0.1, -0.05) is 63.1 Å². The van der Waals surface area contributed by atoms with Crippen molar-refractivity contribution in [2.24, 2.45) is 11.8 Å². The van der Waals surface area contributed by atoms with Crippen LogP contribution in [0.4, 0.5) is 16.3 Å². The van der Waals surface area contributed by atoms with Gasteiger partial charge in [0.25, 0.3) is 0 Å². The number of piperidine rings is 1. The molecule has 1 aliphatic heterocycles. The fourth-order valence-corrected chi connectivity index (χ4v) is 5.39. The molecule has 39 heavy (non-hydrogen) atoms. The Balaban J connectivity index is 1.25. The number of nitrogens with one attached hydrogen (secondary N) is 2. The van der Waals surface area contributed by atoms with Gasteiger partial charge in [-0.05, 0) is 68.7 Å². The molecule has 5 rings (SSSR count). The molecule has 2 aromatic carbocycles. The monoisotopic (exact) mass is 527 g/mol. The van der Waals surface area contributed by atoms with E-state index < -0.39 is 0 Å². The van der Waals surface area contributed by atoms with Gasteiger partial charge in [0.1, 0.15) is 5.82 Å². The van der Waals surface area contributed by atoms with Crippen LogP contribution >= 0.6 is 0 Å². The van der Waals surface area contributed by atoms with Crippen LogP contribution in [0.25, 0.3) is 5.69 Å². The molecule has 0 unspecified atom stereocenters. The van der Waals surface area contributed by atoms with Crippen molar-refractivity contribution in [3.05, 3.63) is 71.4 Å². The molecule has 1 saturated heterocycles. The molecular weight excluding hydrogens is 486 g/mol. The quantitative estimate of drug-likeness (QED) is 0.374. The first-order chi connectivity index (χ1) is 18.7. The number of aromatic nitrogens is 2. The molecule has 1 aromatic heterocycles. The molecule has 7 heteroatoms. The number of carbonyl (C=O) groups is 2. The highest BCUT2D eigenvalue weighted by atomic mass is 16.2. The first-order valence-corrected chi connectivity index (χ1v) is 14.3. The lowest BCUT2D eigenvalue weighted by molar-refractivity contribution is -0.139. The summed E-state index contributed by atoms with van der Waals surface area (Å²) in [6.07, 6.45) is 6.20. The number of anilines is 2. The second-order valence-electron chi connectivity index (χ2n) is 12.2. The van der Waals surface area contributed by atoms with Crippen LogP contribution in [0.1, 0.15) is 69.7 Å². The molecule has 0 bridgehead atoms. The smallest absolute Gasteiger partial charge is 0.324 e. The molecule has 3 aromatic rings. The molecule has 0 atom stereocenters. The van der Waals surface area contributed by atoms with Gasteiger partial charge in [-0.25, -0.2) is 9.48 Å². The lowest BCUT2D eigenvalue weighted by Crippen LogP contribution is -2.43. The molecule has 2 heterocycles. The SMILES string of the molecule is Cc1ccc(-n2nc(C(C)(C)C)cc2NC(=O)Nc2ccccc2CC2CCN(C(=O)C3CCC3)CC2)cc1. The average Bonchev–Trinajstić information content (AvgIpc) is 3.29. The molecule has 206 valence electrons. The second-order valence-corrected chi connectivity index (χ2v) is 12.2. The number of benzene rings is 2. The van der Waals surface area contributed by atoms with E-state index in [2.05, 4.69) is 49.3 Å². The van der Waals surface area contributed by atoms with Crippen molar-refractivity contribution < 1.29 is 9.59 Å². The summed E-state index contributed by atoms with van der Waals surface area (Å²) in [5.74, 6) is 1.76. The second kappa shape index (κ2) is 11.2. The number of rotatable bonds is 6. The van der Waals surface area contributed by atoms with Gasteiger partial charge < -0.3 is 10.2 Å². The van der Waals surface area contributed by atoms with Gasteiger partial charge in [0.2, 0.25) is 5.91 Å². The van der Waals surface area contributed by atoms with Gasteiger partial charge in [0, 0.05) is 36.2 Å². The van der Waals surface area contributed by atoms with Crippen LogP contribution in [-0.2, 0) is 16.6 Å². The summed E-state index contributed by atoms with van der Waals surface area (Å²) in [4.78, 5) is 27.9. The maximum Gasteiger partial charge on any atom is 0.324 e. The fourth-order valence-electron chi connectivity index (χ4n) is 5.39. The predicted molar refractivity (Wildman–Crippen MR) is 156 cm³/mol. The summed E-state index contributed by atoms with van der Waals surface area (Å²) in [5.41, 5.74) is 4.75. The Morgan fingerprint density at radius 1 is 0.949 bits per heavy atom. The van der Waals surface area contributed by atoms with Crippen LogP contribution in [-0.4, -0.2) is 39.7 Å². The number of likely N-dealkylation sites (tertiary alicyclic amines) is 1. The third-order valence-corrected chi connectivity index (χ3v) is 8.15. The fraction of sp³-hybridized carbons (Fsp3) is 0.469. The standard InChI is InChI=1S/C32H41N5O2/c1-22-12-14-26(15-13-22)37-29(21-28(35-37)32(2,3)4)34-31(39)33-27-11-6-5-8-25(27)20-23-16-18-36(19-17-23)30(38)24-9-7-10-24/h5-6,8,11-15,21,23-24H,7,9-10,16-20H2,1-4H3,(H2,33,34,39). The lowest BCUT2D eigenvalue weighted by atomic mass is 9.83. The summed E-state index contributed by atoms with van der Waals surface area (Å²) in [6, 6.07) is 17.8. The zero-order valence-corrected chi connectivity index (χ0v) is 23.7. The summed E-state index contributed by atoms with van der Waals surface area (Å²) in [6.45, 7) is 10.1. The van der Waals surface area contributed by atoms with Crippen molar-refractivity contribution in [3.63, 3.8) is 0 Å². The van der Waals surface area contributed by atoms with Crippen molar-refractivity contribution >= 4 is 23.4 Å². The van der Waals surface area contributed by atoms with Crippen LogP contribution < -0.4 is 10.6 Å². The van der Waals surface area contributed by atoms with Gasteiger partial charge in [0.05, 0.1) is 11.4 Å². The van der Waals surface area contributed by atoms with E-state index in [1.807, 2.05) is 48.5 Å². The van der Waals surface area contributed by atoms with Crippen LogP contribution in [0, 0.1) is 18.8 Å². The number of hydrogen-bond donors (Lipinski definition) is 2. The largest absolute Gasteiger partial charge is 0.342 e. The van der Waals surface area contributed by atoms with E-state index in [1.165, 1.54) is 12.0 Å². The molecule has 2 N–H and O–H groups in total. The Labute approximate surface area is 232 Å². The van der Waals surface area contributed by atoms with Crippen molar-refractivity contribution in [1.29, 1.82) is 0 Å². The molecule has 1 saturated carbocycles. The third-order valence-electron chi connectivity index (χ3n) is 8.15. The minimum Gasteiger partial charge on any atom is -0.342 e. The Kier molecular flexibility index (Phi) is 7.78. The molecule has 1 aliphatic carbocycles. The zero-order valence-electron chi connectivity index (χ0n) is 23.7. The zero-order chi connectivity index (χ0) is 27.6. The number of aryl methyl sites for hydroxylation is 1. The molecule has 2 aliphatic rings. The molecule has 0 radical (unpaired) electrons. The van der Waals surface area contributed by atoms with Crippen molar-refractivity contribution in [3.8, 4) is 5.69 Å². The first-order valence-electron chi connectivity index (χ1n) is 14.3. The Morgan fingerprint density at radius 2 is 1.64 bits per heavy atom. The van der Waals surface area contributed by atoms with E-state index in [-0.39, 0.29) is 17.4 Å². The van der Waals surface area contributed by atoms with Crippen molar-refractivity contribution in [2.75, 3.05) is 23.7 Å². The molecule has 7 nitrogen and oxygen atoms in total. The minimum absolute atomic E-state index is 0.159. The average molecular weight is 528 g/mol. The molecule has 3 amide bonds. The van der Waals surface area contributed by atoms with Crippen LogP contribution in [0.5, 0.6) is 0 Å². The Hall–Kier alpha value is -3.61. The first kappa shape index (κ1) is 27.0. The van der Waals surface area contributed by atoms with E-state index in [9.17, 15) is 9.59 Å². The summed E-state index contributed by atoms with van der Waals surface area (Å²) < 4.78 is 1.80. The van der Waals surface area contributed by atoms with E-state index in [1.54, 1.807) is 4.68 Å². The van der Waals surface area contributed by atoms with E-state index >= 15 is 0 Å². The van der Waals surface area contributed by atoms with E-state index in [0.29, 0.717) is 17.6 Å². The number of carbonyl (C=O) groups excluding carboxylic acids is 2. The topological polar surface area (TPSA) is 79.3 Å². The Bertz CT molecular complexity index is 1310. The number of nitrogens with zero attached hydrogens (tertiary/aromatic N) is 3. The highest BCUT2D eigenvalue weighted by Gasteiger charge is 2.32. The van der Waals surface area contributed by atoms with Crippen LogP contribution in [0.2, 0.25) is 0 Å². The number of hydrogen-bond acceptors (Lipinski definition) is 3. The van der Waals surface area contributed by atoms with Crippen molar-refractivity contribution in [1.82, 2.24) is 14.7 Å². The Morgan fingerprint density at radius 3 is 2.28 bits per heavy atom. The predicted octanol–water partition coefficient (Wildman–Crippen LogP) is 6.70. The molecule has 0 spiro atoms. The lowest BCUT2D eigenvalue weighted by Gasteiger charge is -2.36. The number of urea groups is 1. The van der Waals surface area contributed by atoms with E-state index in [0.717, 1.165) is 67.8 Å².